The Morgan fingerprint density at radius 3 is 2.45 bits per heavy atom. The van der Waals surface area contributed by atoms with Crippen molar-refractivity contribution in [3.05, 3.63) is 28.8 Å². The van der Waals surface area contributed by atoms with E-state index in [0.29, 0.717) is 24.1 Å². The number of carbonyl (C=O) groups is 2. The van der Waals surface area contributed by atoms with Crippen LogP contribution in [0.5, 0.6) is 0 Å². The van der Waals surface area contributed by atoms with Crippen LogP contribution in [-0.2, 0) is 9.53 Å². The highest BCUT2D eigenvalue weighted by Gasteiger charge is 2.12. The average molecular weight is 278 g/mol. The quantitative estimate of drug-likeness (QED) is 0.507. The maximum Gasteiger partial charge on any atom is 0.338 e. The van der Waals surface area contributed by atoms with Crippen molar-refractivity contribution in [2.24, 2.45) is 0 Å². The summed E-state index contributed by atoms with van der Waals surface area (Å²) in [5, 5.41) is 0. The van der Waals surface area contributed by atoms with Crippen molar-refractivity contribution in [3.63, 3.8) is 0 Å². The first kappa shape index (κ1) is 16.0. The van der Waals surface area contributed by atoms with E-state index in [4.69, 9.17) is 10.5 Å². The van der Waals surface area contributed by atoms with Crippen molar-refractivity contribution in [2.45, 2.75) is 26.7 Å². The SMILES string of the molecule is Cc1cc(C)c(C(=O)OCCCC(=O)N(C)C)cc1N. The number of esters is 1. The van der Waals surface area contributed by atoms with E-state index in [2.05, 4.69) is 0 Å². The Morgan fingerprint density at radius 2 is 1.85 bits per heavy atom. The van der Waals surface area contributed by atoms with Gasteiger partial charge >= 0.3 is 5.97 Å². The first-order valence-corrected chi connectivity index (χ1v) is 6.57. The molecular formula is C15H22N2O3. The second-order valence-corrected chi connectivity index (χ2v) is 5.05. The molecule has 0 unspecified atom stereocenters. The number of amides is 1. The van der Waals surface area contributed by atoms with Crippen LogP contribution in [0.3, 0.4) is 0 Å². The van der Waals surface area contributed by atoms with Gasteiger partial charge in [-0.15, -0.1) is 0 Å². The molecule has 0 aromatic heterocycles. The molecule has 0 radical (unpaired) electrons. The normalized spacial score (nSPS) is 10.2. The van der Waals surface area contributed by atoms with E-state index < -0.39 is 5.97 Å². The molecule has 5 heteroatoms. The molecule has 1 rings (SSSR count). The zero-order chi connectivity index (χ0) is 15.3. The molecule has 0 aliphatic carbocycles. The molecule has 5 nitrogen and oxygen atoms in total. The number of hydrogen-bond acceptors (Lipinski definition) is 4. The molecule has 2 N–H and O–H groups in total. The lowest BCUT2D eigenvalue weighted by Gasteiger charge is -2.11. The lowest BCUT2D eigenvalue weighted by Crippen LogP contribution is -2.21. The summed E-state index contributed by atoms with van der Waals surface area (Å²) in [4.78, 5) is 24.8. The second kappa shape index (κ2) is 6.93. The monoisotopic (exact) mass is 278 g/mol. The Labute approximate surface area is 119 Å². The Hall–Kier alpha value is -2.04. The van der Waals surface area contributed by atoms with Crippen LogP contribution < -0.4 is 5.73 Å². The van der Waals surface area contributed by atoms with Gasteiger partial charge in [-0.2, -0.15) is 0 Å². The summed E-state index contributed by atoms with van der Waals surface area (Å²) in [5.41, 5.74) is 8.63. The molecule has 0 spiro atoms. The predicted octanol–water partition coefficient (Wildman–Crippen LogP) is 1.91. The summed E-state index contributed by atoms with van der Waals surface area (Å²) in [6.45, 7) is 3.97. The third-order valence-electron chi connectivity index (χ3n) is 3.10. The van der Waals surface area contributed by atoms with Crippen LogP contribution in [0.4, 0.5) is 5.69 Å². The number of nitrogens with zero attached hydrogens (tertiary/aromatic N) is 1. The van der Waals surface area contributed by atoms with E-state index in [1.54, 1.807) is 20.2 Å². The molecule has 1 aromatic carbocycles. The maximum atomic E-state index is 11.9. The van der Waals surface area contributed by atoms with Gasteiger partial charge in [-0.25, -0.2) is 4.79 Å². The molecule has 0 bridgehead atoms. The van der Waals surface area contributed by atoms with Gasteiger partial charge < -0.3 is 15.4 Å². The second-order valence-electron chi connectivity index (χ2n) is 5.05. The number of nitrogens with two attached hydrogens (primary N) is 1. The van der Waals surface area contributed by atoms with Crippen LogP contribution in [0.15, 0.2) is 12.1 Å². The van der Waals surface area contributed by atoms with Gasteiger partial charge in [0.15, 0.2) is 0 Å². The van der Waals surface area contributed by atoms with Crippen LogP contribution in [-0.4, -0.2) is 37.5 Å². The number of hydrogen-bond donors (Lipinski definition) is 1. The molecule has 1 aromatic rings. The van der Waals surface area contributed by atoms with Crippen molar-refractivity contribution in [3.8, 4) is 0 Å². The van der Waals surface area contributed by atoms with Gasteiger partial charge in [-0.05, 0) is 37.5 Å². The predicted molar refractivity (Wildman–Crippen MR) is 78.5 cm³/mol. The number of carbonyl (C=O) groups excluding carboxylic acids is 2. The zero-order valence-electron chi connectivity index (χ0n) is 12.5. The van der Waals surface area contributed by atoms with Gasteiger partial charge in [0, 0.05) is 26.2 Å². The number of anilines is 1. The fourth-order valence-corrected chi connectivity index (χ4v) is 1.78. The van der Waals surface area contributed by atoms with Gasteiger partial charge in [0.1, 0.15) is 0 Å². The molecule has 110 valence electrons. The number of aryl methyl sites for hydroxylation is 2. The number of benzene rings is 1. The molecule has 0 saturated heterocycles. The molecule has 0 aliphatic rings. The summed E-state index contributed by atoms with van der Waals surface area (Å²) in [6.07, 6.45) is 0.887. The lowest BCUT2D eigenvalue weighted by atomic mass is 10.0. The number of nitrogen functional groups attached to an aromatic ring is 1. The topological polar surface area (TPSA) is 72.6 Å². The van der Waals surface area contributed by atoms with Gasteiger partial charge in [0.2, 0.25) is 5.91 Å². The van der Waals surface area contributed by atoms with Crippen molar-refractivity contribution >= 4 is 17.6 Å². The fourth-order valence-electron chi connectivity index (χ4n) is 1.78. The summed E-state index contributed by atoms with van der Waals surface area (Å²) in [6, 6.07) is 3.50. The summed E-state index contributed by atoms with van der Waals surface area (Å²) < 4.78 is 5.17. The largest absolute Gasteiger partial charge is 0.462 e. The van der Waals surface area contributed by atoms with E-state index in [1.807, 2.05) is 19.9 Å². The Bertz CT molecular complexity index is 510. The first-order chi connectivity index (χ1) is 9.32. The van der Waals surface area contributed by atoms with Crippen LogP contribution in [0.1, 0.15) is 34.3 Å². The summed E-state index contributed by atoms with van der Waals surface area (Å²) in [7, 11) is 3.40. The Kier molecular flexibility index (Phi) is 5.55. The third-order valence-corrected chi connectivity index (χ3v) is 3.10. The fraction of sp³-hybridized carbons (Fsp3) is 0.467. The molecule has 1 amide bonds. The average Bonchev–Trinajstić information content (AvgIpc) is 2.38. The van der Waals surface area contributed by atoms with Crippen LogP contribution in [0, 0.1) is 13.8 Å². The van der Waals surface area contributed by atoms with Crippen LogP contribution in [0.2, 0.25) is 0 Å². The highest BCUT2D eigenvalue weighted by Crippen LogP contribution is 2.18. The summed E-state index contributed by atoms with van der Waals surface area (Å²) in [5.74, 6) is -0.372. The van der Waals surface area contributed by atoms with Crippen LogP contribution >= 0.6 is 0 Å². The minimum atomic E-state index is -0.397. The van der Waals surface area contributed by atoms with Gasteiger partial charge in [0.25, 0.3) is 0 Å². The molecule has 0 aliphatic heterocycles. The van der Waals surface area contributed by atoms with E-state index in [0.717, 1.165) is 11.1 Å². The minimum Gasteiger partial charge on any atom is -0.462 e. The summed E-state index contributed by atoms with van der Waals surface area (Å²) >= 11 is 0. The highest BCUT2D eigenvalue weighted by atomic mass is 16.5. The van der Waals surface area contributed by atoms with Gasteiger partial charge in [-0.3, -0.25) is 4.79 Å². The van der Waals surface area contributed by atoms with Crippen molar-refractivity contribution in [2.75, 3.05) is 26.4 Å². The van der Waals surface area contributed by atoms with E-state index >= 15 is 0 Å². The van der Waals surface area contributed by atoms with Crippen molar-refractivity contribution in [1.82, 2.24) is 4.90 Å². The smallest absolute Gasteiger partial charge is 0.338 e. The Balaban J connectivity index is 2.52. The van der Waals surface area contributed by atoms with Crippen LogP contribution in [0.25, 0.3) is 0 Å². The standard InChI is InChI=1S/C15H22N2O3/c1-10-8-11(2)13(16)9-12(10)15(19)20-7-5-6-14(18)17(3)4/h8-9H,5-7,16H2,1-4H3. The van der Waals surface area contributed by atoms with E-state index in [1.165, 1.54) is 4.90 Å². The Morgan fingerprint density at radius 1 is 1.20 bits per heavy atom. The van der Waals surface area contributed by atoms with Gasteiger partial charge in [-0.1, -0.05) is 6.07 Å². The molecule has 0 saturated carbocycles. The molecule has 20 heavy (non-hydrogen) atoms. The van der Waals surface area contributed by atoms with Crippen molar-refractivity contribution < 1.29 is 14.3 Å². The number of ether oxygens (including phenoxy) is 1. The molecule has 0 atom stereocenters. The highest BCUT2D eigenvalue weighted by molar-refractivity contribution is 5.92. The minimum absolute atomic E-state index is 0.0248. The van der Waals surface area contributed by atoms with E-state index in [9.17, 15) is 9.59 Å². The van der Waals surface area contributed by atoms with Crippen molar-refractivity contribution in [1.29, 1.82) is 0 Å². The van der Waals surface area contributed by atoms with E-state index in [-0.39, 0.29) is 12.5 Å². The lowest BCUT2D eigenvalue weighted by molar-refractivity contribution is -0.128. The molecule has 0 fully saturated rings. The van der Waals surface area contributed by atoms with Gasteiger partial charge in [0.05, 0.1) is 12.2 Å². The number of rotatable bonds is 5. The maximum absolute atomic E-state index is 11.9. The molecule has 0 heterocycles. The zero-order valence-corrected chi connectivity index (χ0v) is 12.5. The third kappa shape index (κ3) is 4.26. The molecular weight excluding hydrogens is 256 g/mol. The first-order valence-electron chi connectivity index (χ1n) is 6.57.